The van der Waals surface area contributed by atoms with Gasteiger partial charge in [0.2, 0.25) is 17.7 Å². The highest BCUT2D eigenvalue weighted by Gasteiger charge is 2.25. The summed E-state index contributed by atoms with van der Waals surface area (Å²) in [6.45, 7) is 7.64. The average Bonchev–Trinajstić information content (AvgIpc) is 3.44. The normalized spacial score (nSPS) is 14.9. The van der Waals surface area contributed by atoms with Crippen molar-refractivity contribution in [3.8, 4) is 5.69 Å². The van der Waals surface area contributed by atoms with Crippen LogP contribution in [0.3, 0.4) is 0 Å². The van der Waals surface area contributed by atoms with Crippen molar-refractivity contribution in [1.82, 2.24) is 19.9 Å². The predicted octanol–water partition coefficient (Wildman–Crippen LogP) is 3.59. The van der Waals surface area contributed by atoms with Gasteiger partial charge in [-0.1, -0.05) is 34.6 Å². The van der Waals surface area contributed by atoms with Crippen LogP contribution in [0.2, 0.25) is 0 Å². The molecule has 29 heavy (non-hydrogen) atoms. The molecule has 1 unspecified atom stereocenters. The van der Waals surface area contributed by atoms with Gasteiger partial charge in [-0.05, 0) is 45.7 Å². The average molecular weight is 413 g/mol. The van der Waals surface area contributed by atoms with Crippen molar-refractivity contribution in [2.24, 2.45) is 0 Å². The maximum atomic E-state index is 12.6. The van der Waals surface area contributed by atoms with E-state index in [1.165, 1.54) is 17.3 Å². The molecule has 1 fully saturated rings. The Morgan fingerprint density at radius 1 is 1.17 bits per heavy atom. The van der Waals surface area contributed by atoms with Crippen molar-refractivity contribution in [3.63, 3.8) is 0 Å². The Labute approximate surface area is 173 Å². The number of carbonyl (C=O) groups excluding carboxylic acids is 1. The fourth-order valence-corrected chi connectivity index (χ4v) is 4.10. The molecular formula is C20H24N6O2S. The van der Waals surface area contributed by atoms with Crippen LogP contribution in [0.5, 0.6) is 0 Å². The van der Waals surface area contributed by atoms with E-state index in [2.05, 4.69) is 56.8 Å². The molecule has 0 spiro atoms. The monoisotopic (exact) mass is 412 g/mol. The second-order valence-electron chi connectivity index (χ2n) is 7.23. The topological polar surface area (TPSA) is 89.1 Å². The molecule has 3 aromatic rings. The van der Waals surface area contributed by atoms with E-state index in [0.717, 1.165) is 43.3 Å². The molecule has 0 radical (unpaired) electrons. The van der Waals surface area contributed by atoms with Crippen LogP contribution in [-0.2, 0) is 4.79 Å². The zero-order chi connectivity index (χ0) is 20.4. The van der Waals surface area contributed by atoms with Crippen LogP contribution in [0.25, 0.3) is 5.69 Å². The lowest BCUT2D eigenvalue weighted by atomic mass is 10.2. The Kier molecular flexibility index (Phi) is 5.57. The first-order valence-corrected chi connectivity index (χ1v) is 10.6. The standard InChI is InChI=1S/C20H24N6O2S/c1-13-6-8-16(9-7-13)26-19(25-10-4-5-11-25)22-23-20(26)29-15(3)18(27)21-17-12-14(2)24-28-17/h6-9,12,15H,4-5,10-11H2,1-3H3,(H,21,27). The molecule has 152 valence electrons. The number of amides is 1. The van der Waals surface area contributed by atoms with E-state index in [9.17, 15) is 4.79 Å². The molecule has 1 saturated heterocycles. The number of rotatable bonds is 6. The third kappa shape index (κ3) is 4.29. The van der Waals surface area contributed by atoms with Gasteiger partial charge in [0.1, 0.15) is 0 Å². The Hall–Kier alpha value is -2.81. The lowest BCUT2D eigenvalue weighted by Crippen LogP contribution is -2.23. The number of nitrogens with zero attached hydrogens (tertiary/aromatic N) is 5. The third-order valence-corrected chi connectivity index (χ3v) is 5.87. The molecule has 8 nitrogen and oxygen atoms in total. The van der Waals surface area contributed by atoms with Gasteiger partial charge in [0, 0.05) is 19.2 Å². The molecule has 1 aliphatic heterocycles. The number of carbonyl (C=O) groups is 1. The van der Waals surface area contributed by atoms with Crippen LogP contribution in [-0.4, -0.2) is 44.2 Å². The van der Waals surface area contributed by atoms with E-state index in [1.807, 2.05) is 11.5 Å². The van der Waals surface area contributed by atoms with Gasteiger partial charge in [-0.2, -0.15) is 0 Å². The SMILES string of the molecule is Cc1ccc(-n2c(SC(C)C(=O)Nc3cc(C)no3)nnc2N2CCCC2)cc1. The summed E-state index contributed by atoms with van der Waals surface area (Å²) in [6.07, 6.45) is 2.30. The van der Waals surface area contributed by atoms with Gasteiger partial charge in [0.05, 0.1) is 16.6 Å². The van der Waals surface area contributed by atoms with E-state index in [4.69, 9.17) is 4.52 Å². The van der Waals surface area contributed by atoms with Gasteiger partial charge in [-0.25, -0.2) is 0 Å². The number of hydrogen-bond donors (Lipinski definition) is 1. The van der Waals surface area contributed by atoms with Gasteiger partial charge in [0.15, 0.2) is 5.16 Å². The quantitative estimate of drug-likeness (QED) is 0.619. The van der Waals surface area contributed by atoms with Crippen LogP contribution < -0.4 is 10.2 Å². The Balaban J connectivity index is 1.59. The number of anilines is 2. The molecule has 2 aromatic heterocycles. The molecule has 0 saturated carbocycles. The predicted molar refractivity (Wildman–Crippen MR) is 113 cm³/mol. The minimum Gasteiger partial charge on any atom is -0.341 e. The molecule has 1 aromatic carbocycles. The van der Waals surface area contributed by atoms with Gasteiger partial charge >= 0.3 is 0 Å². The molecule has 1 amide bonds. The summed E-state index contributed by atoms with van der Waals surface area (Å²) in [5.41, 5.74) is 2.90. The fraction of sp³-hybridized carbons (Fsp3) is 0.400. The van der Waals surface area contributed by atoms with Gasteiger partial charge in [0.25, 0.3) is 0 Å². The van der Waals surface area contributed by atoms with Crippen molar-refractivity contribution >= 4 is 29.5 Å². The summed E-state index contributed by atoms with van der Waals surface area (Å²) in [6, 6.07) is 9.95. The Bertz CT molecular complexity index is 991. The molecule has 1 atom stereocenters. The molecule has 1 N–H and O–H groups in total. The highest BCUT2D eigenvalue weighted by molar-refractivity contribution is 8.00. The Morgan fingerprint density at radius 2 is 1.90 bits per heavy atom. The van der Waals surface area contributed by atoms with E-state index in [-0.39, 0.29) is 11.2 Å². The smallest absolute Gasteiger partial charge is 0.240 e. The van der Waals surface area contributed by atoms with Crippen LogP contribution in [0.1, 0.15) is 31.0 Å². The maximum absolute atomic E-state index is 12.6. The lowest BCUT2D eigenvalue weighted by Gasteiger charge is -2.19. The summed E-state index contributed by atoms with van der Waals surface area (Å²) in [7, 11) is 0. The largest absolute Gasteiger partial charge is 0.341 e. The van der Waals surface area contributed by atoms with E-state index < -0.39 is 0 Å². The number of thioether (sulfide) groups is 1. The summed E-state index contributed by atoms with van der Waals surface area (Å²) >= 11 is 1.37. The first kappa shape index (κ1) is 19.5. The van der Waals surface area contributed by atoms with Crippen LogP contribution in [0, 0.1) is 13.8 Å². The molecule has 1 aliphatic rings. The van der Waals surface area contributed by atoms with Crippen molar-refractivity contribution in [1.29, 1.82) is 0 Å². The lowest BCUT2D eigenvalue weighted by molar-refractivity contribution is -0.115. The van der Waals surface area contributed by atoms with Gasteiger partial charge in [-0.3, -0.25) is 14.7 Å². The first-order chi connectivity index (χ1) is 14.0. The zero-order valence-electron chi connectivity index (χ0n) is 16.8. The first-order valence-electron chi connectivity index (χ1n) is 9.69. The zero-order valence-corrected chi connectivity index (χ0v) is 17.6. The molecule has 4 rings (SSSR count). The van der Waals surface area contributed by atoms with E-state index in [1.54, 1.807) is 13.0 Å². The van der Waals surface area contributed by atoms with Gasteiger partial charge in [-0.15, -0.1) is 10.2 Å². The summed E-state index contributed by atoms with van der Waals surface area (Å²) in [5, 5.41) is 15.7. The number of hydrogen-bond acceptors (Lipinski definition) is 7. The number of nitrogens with one attached hydrogen (secondary N) is 1. The Morgan fingerprint density at radius 3 is 2.55 bits per heavy atom. The van der Waals surface area contributed by atoms with E-state index >= 15 is 0 Å². The van der Waals surface area contributed by atoms with Crippen molar-refractivity contribution < 1.29 is 9.32 Å². The second-order valence-corrected chi connectivity index (χ2v) is 8.54. The van der Waals surface area contributed by atoms with Crippen molar-refractivity contribution in [3.05, 3.63) is 41.6 Å². The van der Waals surface area contributed by atoms with Crippen LogP contribution in [0.4, 0.5) is 11.8 Å². The highest BCUT2D eigenvalue weighted by atomic mass is 32.2. The highest BCUT2D eigenvalue weighted by Crippen LogP contribution is 2.31. The van der Waals surface area contributed by atoms with Crippen LogP contribution >= 0.6 is 11.8 Å². The van der Waals surface area contributed by atoms with Crippen molar-refractivity contribution in [2.45, 2.75) is 44.0 Å². The molecule has 9 heteroatoms. The number of benzene rings is 1. The maximum Gasteiger partial charge on any atom is 0.240 e. The van der Waals surface area contributed by atoms with Crippen molar-refractivity contribution in [2.75, 3.05) is 23.3 Å². The third-order valence-electron chi connectivity index (χ3n) is 4.82. The second kappa shape index (κ2) is 8.28. The van der Waals surface area contributed by atoms with Crippen LogP contribution in [0.15, 0.2) is 40.0 Å². The molecular weight excluding hydrogens is 388 g/mol. The molecule has 0 aliphatic carbocycles. The summed E-state index contributed by atoms with van der Waals surface area (Å²) in [5.74, 6) is 0.998. The number of aromatic nitrogens is 4. The summed E-state index contributed by atoms with van der Waals surface area (Å²) in [4.78, 5) is 14.8. The molecule has 3 heterocycles. The minimum absolute atomic E-state index is 0.174. The fourth-order valence-electron chi connectivity index (χ4n) is 3.24. The minimum atomic E-state index is -0.389. The number of aryl methyl sites for hydroxylation is 2. The summed E-state index contributed by atoms with van der Waals surface area (Å²) < 4.78 is 7.12. The van der Waals surface area contributed by atoms with Gasteiger partial charge < -0.3 is 9.42 Å². The molecule has 0 bridgehead atoms. The van der Waals surface area contributed by atoms with E-state index in [0.29, 0.717) is 11.0 Å².